The van der Waals surface area contributed by atoms with Gasteiger partial charge in [-0.05, 0) is 64.4 Å². The van der Waals surface area contributed by atoms with Gasteiger partial charge in [0.25, 0.3) is 0 Å². The van der Waals surface area contributed by atoms with E-state index < -0.39 is 0 Å². The van der Waals surface area contributed by atoms with Gasteiger partial charge in [-0.2, -0.15) is 0 Å². The minimum absolute atomic E-state index is 0.866. The van der Waals surface area contributed by atoms with Gasteiger partial charge >= 0.3 is 0 Å². The van der Waals surface area contributed by atoms with Crippen LogP contribution in [0, 0.1) is 0 Å². The van der Waals surface area contributed by atoms with Gasteiger partial charge in [-0.3, -0.25) is 9.97 Å². The molecule has 0 radical (unpaired) electrons. The molecule has 224 valence electrons. The van der Waals surface area contributed by atoms with Crippen LogP contribution >= 0.6 is 0 Å². The summed E-state index contributed by atoms with van der Waals surface area (Å²) < 4.78 is 12.5. The Morgan fingerprint density at radius 2 is 0.875 bits per heavy atom. The Bertz CT molecular complexity index is 2830. The van der Waals surface area contributed by atoms with E-state index in [0.717, 1.165) is 94.0 Å². The van der Waals surface area contributed by atoms with Crippen LogP contribution < -0.4 is 0 Å². The van der Waals surface area contributed by atoms with Crippen LogP contribution in [0.15, 0.2) is 167 Å². The van der Waals surface area contributed by atoms with Gasteiger partial charge in [0.1, 0.15) is 22.3 Å². The number of aromatic nitrogens is 2. The molecule has 0 aliphatic heterocycles. The molecule has 48 heavy (non-hydrogen) atoms. The lowest BCUT2D eigenvalue weighted by Gasteiger charge is -2.10. The van der Waals surface area contributed by atoms with Gasteiger partial charge in [0.15, 0.2) is 0 Å². The summed E-state index contributed by atoms with van der Waals surface area (Å²) in [5, 5.41) is 6.79. The van der Waals surface area contributed by atoms with E-state index in [4.69, 9.17) is 18.8 Å². The van der Waals surface area contributed by atoms with E-state index in [1.165, 1.54) is 5.39 Å². The van der Waals surface area contributed by atoms with Gasteiger partial charge in [-0.1, -0.05) is 103 Å². The number of fused-ring (bicyclic) bond motifs is 7. The van der Waals surface area contributed by atoms with Gasteiger partial charge < -0.3 is 8.83 Å². The Morgan fingerprint density at radius 1 is 0.354 bits per heavy atom. The Labute approximate surface area is 275 Å². The molecule has 10 aromatic rings. The third-order valence-electron chi connectivity index (χ3n) is 9.41. The van der Waals surface area contributed by atoms with Crippen molar-refractivity contribution < 1.29 is 8.83 Å². The molecule has 4 heterocycles. The number of furan rings is 2. The molecule has 0 unspecified atom stereocenters. The standard InChI is InChI=1S/C44H26N2O2/c1-3-16-41-33(9-1)35-12-6-14-37(43(35)47-41)39-22-19-29(25-45-39)27-18-21-32-28(24-27)8-5-11-31(32)30-20-23-40(46-26-30)38-15-7-13-36-34-10-2-4-17-42(34)48-44(36)38/h1-26H. The van der Waals surface area contributed by atoms with Crippen LogP contribution in [-0.2, 0) is 0 Å². The zero-order chi connectivity index (χ0) is 31.6. The maximum Gasteiger partial charge on any atom is 0.144 e. The van der Waals surface area contributed by atoms with E-state index in [1.54, 1.807) is 0 Å². The average Bonchev–Trinajstić information content (AvgIpc) is 3.73. The molecule has 0 amide bonds. The molecule has 0 atom stereocenters. The molecule has 4 aromatic heterocycles. The van der Waals surface area contributed by atoms with Crippen LogP contribution in [-0.4, -0.2) is 9.97 Å². The van der Waals surface area contributed by atoms with Crippen molar-refractivity contribution in [2.45, 2.75) is 0 Å². The van der Waals surface area contributed by atoms with Gasteiger partial charge in [0, 0.05) is 56.2 Å². The van der Waals surface area contributed by atoms with Gasteiger partial charge in [-0.15, -0.1) is 0 Å². The normalized spacial score (nSPS) is 11.8. The summed E-state index contributed by atoms with van der Waals surface area (Å²) in [6.45, 7) is 0. The van der Waals surface area contributed by atoms with Crippen molar-refractivity contribution in [1.29, 1.82) is 0 Å². The predicted octanol–water partition coefficient (Wildman–Crippen LogP) is 12.1. The Balaban J connectivity index is 0.973. The van der Waals surface area contributed by atoms with Crippen molar-refractivity contribution in [3.05, 3.63) is 158 Å². The fraction of sp³-hybridized carbons (Fsp3) is 0. The van der Waals surface area contributed by atoms with Gasteiger partial charge in [0.05, 0.1) is 11.4 Å². The molecule has 4 nitrogen and oxygen atoms in total. The highest BCUT2D eigenvalue weighted by molar-refractivity contribution is 6.10. The molecule has 0 N–H and O–H groups in total. The molecule has 6 aromatic carbocycles. The van der Waals surface area contributed by atoms with Crippen LogP contribution in [0.4, 0.5) is 0 Å². The number of benzene rings is 6. The number of nitrogens with zero attached hydrogens (tertiary/aromatic N) is 2. The van der Waals surface area contributed by atoms with E-state index >= 15 is 0 Å². The van der Waals surface area contributed by atoms with E-state index in [9.17, 15) is 0 Å². The van der Waals surface area contributed by atoms with E-state index in [1.807, 2.05) is 48.8 Å². The molecule has 0 saturated carbocycles. The van der Waals surface area contributed by atoms with Crippen molar-refractivity contribution in [3.63, 3.8) is 0 Å². The second-order valence-electron chi connectivity index (χ2n) is 12.2. The number of rotatable bonds is 4. The van der Waals surface area contributed by atoms with E-state index in [-0.39, 0.29) is 0 Å². The summed E-state index contributed by atoms with van der Waals surface area (Å²) in [4.78, 5) is 9.79. The van der Waals surface area contributed by atoms with Crippen molar-refractivity contribution >= 4 is 54.6 Å². The fourth-order valence-electron chi connectivity index (χ4n) is 7.05. The monoisotopic (exact) mass is 614 g/mol. The number of para-hydroxylation sites is 4. The van der Waals surface area contributed by atoms with Crippen molar-refractivity contribution in [2.24, 2.45) is 0 Å². The number of hydrogen-bond acceptors (Lipinski definition) is 4. The summed E-state index contributed by atoms with van der Waals surface area (Å²) in [7, 11) is 0. The van der Waals surface area contributed by atoms with Crippen LogP contribution in [0.25, 0.3) is 99.4 Å². The van der Waals surface area contributed by atoms with Crippen molar-refractivity contribution in [2.75, 3.05) is 0 Å². The van der Waals surface area contributed by atoms with Crippen LogP contribution in [0.3, 0.4) is 0 Å². The largest absolute Gasteiger partial charge is 0.455 e. The first kappa shape index (κ1) is 26.7. The number of pyridine rings is 2. The summed E-state index contributed by atoms with van der Waals surface area (Å²) in [6, 6.07) is 50.3. The fourth-order valence-corrected chi connectivity index (χ4v) is 7.05. The lowest BCUT2D eigenvalue weighted by molar-refractivity contribution is 0.669. The maximum absolute atomic E-state index is 6.27. The molecule has 0 saturated heterocycles. The molecular weight excluding hydrogens is 588 g/mol. The molecule has 10 rings (SSSR count). The quantitative estimate of drug-likeness (QED) is 0.198. The van der Waals surface area contributed by atoms with Crippen LogP contribution in [0.2, 0.25) is 0 Å². The molecule has 4 heteroatoms. The highest BCUT2D eigenvalue weighted by atomic mass is 16.3. The smallest absolute Gasteiger partial charge is 0.144 e. The molecule has 0 fully saturated rings. The summed E-state index contributed by atoms with van der Waals surface area (Å²) in [5.74, 6) is 0. The molecule has 0 bridgehead atoms. The van der Waals surface area contributed by atoms with Crippen molar-refractivity contribution in [1.82, 2.24) is 9.97 Å². The van der Waals surface area contributed by atoms with E-state index in [0.29, 0.717) is 0 Å². The molecule has 0 aliphatic rings. The first-order chi connectivity index (χ1) is 23.8. The Hall–Kier alpha value is -6.52. The minimum atomic E-state index is 0.866. The van der Waals surface area contributed by atoms with Crippen LogP contribution in [0.1, 0.15) is 0 Å². The minimum Gasteiger partial charge on any atom is -0.455 e. The Morgan fingerprint density at radius 3 is 1.48 bits per heavy atom. The zero-order valence-corrected chi connectivity index (χ0v) is 25.7. The van der Waals surface area contributed by atoms with Crippen molar-refractivity contribution in [3.8, 4) is 44.8 Å². The number of hydrogen-bond donors (Lipinski definition) is 0. The molecular formula is C44H26N2O2. The lowest BCUT2D eigenvalue weighted by Crippen LogP contribution is -1.88. The van der Waals surface area contributed by atoms with E-state index in [2.05, 4.69) is 109 Å². The molecule has 0 spiro atoms. The first-order valence-corrected chi connectivity index (χ1v) is 16.1. The average molecular weight is 615 g/mol. The van der Waals surface area contributed by atoms with Crippen LogP contribution in [0.5, 0.6) is 0 Å². The van der Waals surface area contributed by atoms with Gasteiger partial charge in [-0.25, -0.2) is 0 Å². The highest BCUT2D eigenvalue weighted by Crippen LogP contribution is 2.38. The Kier molecular flexibility index (Phi) is 5.84. The summed E-state index contributed by atoms with van der Waals surface area (Å²) in [6.07, 6.45) is 3.91. The lowest BCUT2D eigenvalue weighted by atomic mass is 9.95. The first-order valence-electron chi connectivity index (χ1n) is 16.1. The zero-order valence-electron chi connectivity index (χ0n) is 25.7. The second-order valence-corrected chi connectivity index (χ2v) is 12.2. The van der Waals surface area contributed by atoms with Gasteiger partial charge in [0.2, 0.25) is 0 Å². The molecule has 0 aliphatic carbocycles. The third kappa shape index (κ3) is 4.16. The highest BCUT2D eigenvalue weighted by Gasteiger charge is 2.15. The topological polar surface area (TPSA) is 52.1 Å². The second kappa shape index (κ2) is 10.5. The third-order valence-corrected chi connectivity index (χ3v) is 9.41. The predicted molar refractivity (Wildman–Crippen MR) is 196 cm³/mol. The maximum atomic E-state index is 6.27. The summed E-state index contributed by atoms with van der Waals surface area (Å²) in [5.41, 5.74) is 11.7. The summed E-state index contributed by atoms with van der Waals surface area (Å²) >= 11 is 0. The SMILES string of the molecule is c1cc(-c2ccc(-c3cccc4c3oc3ccccc34)nc2)c2ccc(-c3ccc(-c4cccc5c4oc4ccccc45)nc3)cc2c1.